The van der Waals surface area contributed by atoms with Gasteiger partial charge in [0.1, 0.15) is 0 Å². The molecule has 2 aliphatic heterocycles. The van der Waals surface area contributed by atoms with Gasteiger partial charge in [-0.25, -0.2) is 0 Å². The summed E-state index contributed by atoms with van der Waals surface area (Å²) >= 11 is 0. The van der Waals surface area contributed by atoms with Gasteiger partial charge in [-0.15, -0.1) is 0 Å². The van der Waals surface area contributed by atoms with Gasteiger partial charge >= 0.3 is 0 Å². The molecule has 3 atom stereocenters. The summed E-state index contributed by atoms with van der Waals surface area (Å²) < 4.78 is 0. The van der Waals surface area contributed by atoms with Crippen LogP contribution in [-0.2, 0) is 0 Å². The number of hydrogen-bond acceptors (Lipinski definition) is 3. The maximum atomic E-state index is 9.08. The van der Waals surface area contributed by atoms with E-state index in [4.69, 9.17) is 10.8 Å². The van der Waals surface area contributed by atoms with Crippen molar-refractivity contribution in [2.45, 2.75) is 24.9 Å². The first-order valence-corrected chi connectivity index (χ1v) is 4.43. The summed E-state index contributed by atoms with van der Waals surface area (Å²) in [5.74, 6) is 0.345. The summed E-state index contributed by atoms with van der Waals surface area (Å²) in [5, 5.41) is 9.08. The van der Waals surface area contributed by atoms with Gasteiger partial charge in [0.15, 0.2) is 0 Å². The summed E-state index contributed by atoms with van der Waals surface area (Å²) in [7, 11) is 0. The van der Waals surface area contributed by atoms with Crippen LogP contribution < -0.4 is 5.73 Å². The predicted molar refractivity (Wildman–Crippen MR) is 43.1 cm³/mol. The van der Waals surface area contributed by atoms with Crippen LogP contribution in [0.3, 0.4) is 0 Å². The number of fused-ring (bicyclic) bond motifs is 1. The van der Waals surface area contributed by atoms with E-state index in [1.165, 1.54) is 19.4 Å². The highest BCUT2D eigenvalue weighted by Gasteiger charge is 2.41. The topological polar surface area (TPSA) is 49.5 Å². The van der Waals surface area contributed by atoms with Crippen molar-refractivity contribution in [2.75, 3.05) is 19.7 Å². The Balaban J connectivity index is 2.07. The van der Waals surface area contributed by atoms with E-state index in [1.54, 1.807) is 0 Å². The second-order valence-electron chi connectivity index (χ2n) is 3.71. The molecule has 11 heavy (non-hydrogen) atoms. The minimum atomic E-state index is 0.213. The van der Waals surface area contributed by atoms with E-state index in [0.717, 1.165) is 6.54 Å². The molecule has 3 nitrogen and oxygen atoms in total. The molecule has 0 spiro atoms. The fraction of sp³-hybridized carbons (Fsp3) is 1.00. The Morgan fingerprint density at radius 2 is 2.36 bits per heavy atom. The first kappa shape index (κ1) is 7.53. The van der Waals surface area contributed by atoms with Crippen molar-refractivity contribution < 1.29 is 5.11 Å². The number of nitrogens with two attached hydrogens (primary N) is 1. The molecule has 0 saturated carbocycles. The highest BCUT2D eigenvalue weighted by atomic mass is 16.3. The fourth-order valence-electron chi connectivity index (χ4n) is 2.51. The summed E-state index contributed by atoms with van der Waals surface area (Å²) in [6.07, 6.45) is 2.52. The molecule has 0 bridgehead atoms. The zero-order valence-electron chi connectivity index (χ0n) is 6.74. The van der Waals surface area contributed by atoms with Gasteiger partial charge in [0, 0.05) is 31.2 Å². The van der Waals surface area contributed by atoms with Crippen LogP contribution in [0.25, 0.3) is 0 Å². The predicted octanol–water partition coefficient (Wildman–Crippen LogP) is -0.600. The van der Waals surface area contributed by atoms with Crippen LogP contribution in [-0.4, -0.2) is 41.8 Å². The lowest BCUT2D eigenvalue weighted by atomic mass is 9.96. The average molecular weight is 156 g/mol. The molecule has 64 valence electrons. The molecular weight excluding hydrogens is 140 g/mol. The Morgan fingerprint density at radius 1 is 1.55 bits per heavy atom. The number of nitrogens with zero attached hydrogens (tertiary/aromatic N) is 1. The van der Waals surface area contributed by atoms with Crippen molar-refractivity contribution in [1.29, 1.82) is 0 Å². The van der Waals surface area contributed by atoms with Gasteiger partial charge < -0.3 is 10.8 Å². The molecule has 0 aromatic rings. The molecule has 0 aromatic heterocycles. The van der Waals surface area contributed by atoms with Crippen molar-refractivity contribution in [2.24, 2.45) is 11.7 Å². The van der Waals surface area contributed by atoms with Gasteiger partial charge in [-0.2, -0.15) is 0 Å². The Morgan fingerprint density at radius 3 is 3.09 bits per heavy atom. The normalized spacial score (nSPS) is 44.7. The zero-order valence-corrected chi connectivity index (χ0v) is 6.74. The van der Waals surface area contributed by atoms with E-state index >= 15 is 0 Å². The lowest BCUT2D eigenvalue weighted by molar-refractivity contribution is 0.185. The van der Waals surface area contributed by atoms with Crippen LogP contribution in [0.15, 0.2) is 0 Å². The van der Waals surface area contributed by atoms with Crippen LogP contribution in [0.5, 0.6) is 0 Å². The third-order valence-corrected chi connectivity index (χ3v) is 3.11. The first-order valence-electron chi connectivity index (χ1n) is 4.43. The molecule has 0 aromatic carbocycles. The minimum Gasteiger partial charge on any atom is -0.396 e. The van der Waals surface area contributed by atoms with Crippen molar-refractivity contribution in [3.8, 4) is 0 Å². The van der Waals surface area contributed by atoms with Crippen LogP contribution >= 0.6 is 0 Å². The number of aliphatic hydroxyl groups excluding tert-OH is 1. The van der Waals surface area contributed by atoms with Gasteiger partial charge in [0.2, 0.25) is 0 Å². The lowest BCUT2D eigenvalue weighted by Crippen LogP contribution is -2.33. The number of rotatable bonds is 1. The van der Waals surface area contributed by atoms with Gasteiger partial charge in [-0.05, 0) is 19.4 Å². The van der Waals surface area contributed by atoms with Crippen molar-refractivity contribution in [1.82, 2.24) is 4.90 Å². The van der Waals surface area contributed by atoms with Crippen LogP contribution in [0, 0.1) is 5.92 Å². The molecular formula is C8H16N2O. The maximum absolute atomic E-state index is 9.08. The molecule has 3 heteroatoms. The molecule has 2 fully saturated rings. The van der Waals surface area contributed by atoms with Gasteiger partial charge in [-0.1, -0.05) is 0 Å². The molecule has 3 N–H and O–H groups in total. The highest BCUT2D eigenvalue weighted by molar-refractivity contribution is 4.97. The monoisotopic (exact) mass is 156 g/mol. The van der Waals surface area contributed by atoms with Crippen molar-refractivity contribution >= 4 is 0 Å². The molecule has 2 heterocycles. The maximum Gasteiger partial charge on any atom is 0.0489 e. The largest absolute Gasteiger partial charge is 0.396 e. The second-order valence-corrected chi connectivity index (χ2v) is 3.71. The van der Waals surface area contributed by atoms with E-state index in [0.29, 0.717) is 12.0 Å². The molecule has 2 saturated heterocycles. The third kappa shape index (κ3) is 1.08. The summed E-state index contributed by atoms with van der Waals surface area (Å²) in [6.45, 7) is 2.45. The van der Waals surface area contributed by atoms with Gasteiger partial charge in [0.05, 0.1) is 0 Å². The Hall–Kier alpha value is -0.120. The van der Waals surface area contributed by atoms with E-state index in [-0.39, 0.29) is 12.6 Å². The standard InChI is InChI=1S/C8H16N2O/c9-7-4-10-3-1-2-8(10)6(7)5-11/h6-8,11H,1-5,9H2/t6-,7-,8-/m0/s1. The van der Waals surface area contributed by atoms with Crippen LogP contribution in [0.4, 0.5) is 0 Å². The number of hydrogen-bond donors (Lipinski definition) is 2. The molecule has 2 rings (SSSR count). The van der Waals surface area contributed by atoms with Gasteiger partial charge in [0.25, 0.3) is 0 Å². The minimum absolute atomic E-state index is 0.213. The highest BCUT2D eigenvalue weighted by Crippen LogP contribution is 2.31. The van der Waals surface area contributed by atoms with E-state index in [1.807, 2.05) is 0 Å². The molecule has 0 aliphatic carbocycles. The Labute approximate surface area is 67.2 Å². The lowest BCUT2D eigenvalue weighted by Gasteiger charge is -2.18. The Kier molecular flexibility index (Phi) is 1.87. The third-order valence-electron chi connectivity index (χ3n) is 3.11. The summed E-state index contributed by atoms with van der Waals surface area (Å²) in [5.41, 5.74) is 5.88. The quantitative estimate of drug-likeness (QED) is 0.533. The SMILES string of the molecule is N[C@H]1CN2CCC[C@H]2[C@H]1CO. The van der Waals surface area contributed by atoms with Gasteiger partial charge in [-0.3, -0.25) is 4.90 Å². The number of aliphatic hydroxyl groups is 1. The average Bonchev–Trinajstić information content (AvgIpc) is 2.46. The van der Waals surface area contributed by atoms with Crippen molar-refractivity contribution in [3.63, 3.8) is 0 Å². The second kappa shape index (κ2) is 2.73. The zero-order chi connectivity index (χ0) is 7.84. The van der Waals surface area contributed by atoms with Crippen LogP contribution in [0.2, 0.25) is 0 Å². The summed E-state index contributed by atoms with van der Waals surface area (Å²) in [4.78, 5) is 2.42. The molecule has 2 aliphatic rings. The molecule has 0 radical (unpaired) electrons. The smallest absolute Gasteiger partial charge is 0.0489 e. The van der Waals surface area contributed by atoms with Crippen LogP contribution in [0.1, 0.15) is 12.8 Å². The van der Waals surface area contributed by atoms with E-state index < -0.39 is 0 Å². The summed E-state index contributed by atoms with van der Waals surface area (Å²) in [6, 6.07) is 0.806. The van der Waals surface area contributed by atoms with E-state index in [9.17, 15) is 0 Å². The first-order chi connectivity index (χ1) is 5.33. The van der Waals surface area contributed by atoms with E-state index in [2.05, 4.69) is 4.90 Å². The Bertz CT molecular complexity index is 151. The fourth-order valence-corrected chi connectivity index (χ4v) is 2.51. The van der Waals surface area contributed by atoms with Crippen molar-refractivity contribution in [3.05, 3.63) is 0 Å². The molecule has 0 amide bonds. The molecule has 0 unspecified atom stereocenters.